The van der Waals surface area contributed by atoms with Crippen molar-refractivity contribution in [3.05, 3.63) is 83.7 Å². The first kappa shape index (κ1) is 21.3. The number of anilines is 1. The van der Waals surface area contributed by atoms with Gasteiger partial charge in [-0.2, -0.15) is 0 Å². The fourth-order valence-corrected chi connectivity index (χ4v) is 4.45. The Kier molecular flexibility index (Phi) is 5.92. The molecule has 1 fully saturated rings. The number of hydrogen-bond acceptors (Lipinski definition) is 4. The minimum absolute atomic E-state index is 0.0637. The second kappa shape index (κ2) is 9.15. The van der Waals surface area contributed by atoms with Crippen LogP contribution >= 0.6 is 0 Å². The summed E-state index contributed by atoms with van der Waals surface area (Å²) in [4.78, 5) is 31.9. The number of rotatable bonds is 4. The molecule has 1 aromatic heterocycles. The molecule has 8 heteroatoms. The van der Waals surface area contributed by atoms with Gasteiger partial charge in [-0.05, 0) is 42.7 Å². The summed E-state index contributed by atoms with van der Waals surface area (Å²) >= 11 is 0. The number of carbonyl (C=O) groups is 2. The average molecular weight is 448 g/mol. The first-order valence-corrected chi connectivity index (χ1v) is 11.1. The Bertz CT molecular complexity index is 1140. The van der Waals surface area contributed by atoms with E-state index in [4.69, 9.17) is 4.74 Å². The number of nitrogens with one attached hydrogen (secondary N) is 1. The maximum Gasteiger partial charge on any atom is 0.274 e. The van der Waals surface area contributed by atoms with Crippen molar-refractivity contribution in [3.8, 4) is 0 Å². The molecule has 7 nitrogen and oxygen atoms in total. The lowest BCUT2D eigenvalue weighted by Crippen LogP contribution is -2.42. The van der Waals surface area contributed by atoms with Gasteiger partial charge in [0.2, 0.25) is 5.91 Å². The first-order valence-electron chi connectivity index (χ1n) is 11.1. The molecule has 0 radical (unpaired) electrons. The van der Waals surface area contributed by atoms with Crippen LogP contribution in [0.1, 0.15) is 40.7 Å². The van der Waals surface area contributed by atoms with Gasteiger partial charge in [-0.3, -0.25) is 9.59 Å². The summed E-state index contributed by atoms with van der Waals surface area (Å²) < 4.78 is 21.1. The summed E-state index contributed by atoms with van der Waals surface area (Å²) in [5.41, 5.74) is 2.89. The van der Waals surface area contributed by atoms with Crippen molar-refractivity contribution in [1.29, 1.82) is 0 Å². The second-order valence-corrected chi connectivity index (χ2v) is 8.47. The molecule has 2 amide bonds. The van der Waals surface area contributed by atoms with Crippen molar-refractivity contribution in [2.75, 3.05) is 18.4 Å². The molecular weight excluding hydrogens is 423 g/mol. The molecule has 1 N–H and O–H groups in total. The van der Waals surface area contributed by atoms with Crippen LogP contribution in [0.5, 0.6) is 0 Å². The van der Waals surface area contributed by atoms with Gasteiger partial charge in [-0.25, -0.2) is 9.37 Å². The Labute approximate surface area is 191 Å². The van der Waals surface area contributed by atoms with Gasteiger partial charge in [0.25, 0.3) is 5.91 Å². The van der Waals surface area contributed by atoms with Crippen LogP contribution in [0.4, 0.5) is 10.1 Å². The number of halogens is 1. The number of benzene rings is 2. The lowest BCUT2D eigenvalue weighted by Gasteiger charge is -2.31. The quantitative estimate of drug-likeness (QED) is 0.659. The van der Waals surface area contributed by atoms with Gasteiger partial charge in [-0.15, -0.1) is 0 Å². The maximum atomic E-state index is 13.1. The molecule has 2 aliphatic rings. The summed E-state index contributed by atoms with van der Waals surface area (Å²) in [5.74, 6) is -0.761. The van der Waals surface area contributed by atoms with Crippen molar-refractivity contribution in [2.24, 2.45) is 5.92 Å². The number of amides is 2. The van der Waals surface area contributed by atoms with Crippen LogP contribution in [0, 0.1) is 11.7 Å². The zero-order valence-electron chi connectivity index (χ0n) is 18.1. The Morgan fingerprint density at radius 3 is 2.48 bits per heavy atom. The highest BCUT2D eigenvalue weighted by Crippen LogP contribution is 2.29. The van der Waals surface area contributed by atoms with Gasteiger partial charge in [0.15, 0.2) is 5.69 Å². The standard InChI is InChI=1S/C25H25FN4O3/c26-19-6-8-20(9-7-19)28-24(31)18-10-12-29(13-11-18)25(32)23-21-15-33-22(14-30(21)16-27-23)17-4-2-1-3-5-17/h1-9,16,18,22H,10-15H2,(H,28,31)/t22-/m1/s1. The number of carbonyl (C=O) groups excluding carboxylic acids is 2. The summed E-state index contributed by atoms with van der Waals surface area (Å²) in [6.45, 7) is 1.92. The average Bonchev–Trinajstić information content (AvgIpc) is 3.29. The molecule has 3 heterocycles. The van der Waals surface area contributed by atoms with Crippen molar-refractivity contribution >= 4 is 17.5 Å². The molecule has 0 spiro atoms. The SMILES string of the molecule is O=C(Nc1ccc(F)cc1)C1CCN(C(=O)c2ncn3c2CO[C@@H](c2ccccc2)C3)CC1. The minimum atomic E-state index is -0.345. The van der Waals surface area contributed by atoms with Crippen molar-refractivity contribution in [1.82, 2.24) is 14.5 Å². The highest BCUT2D eigenvalue weighted by atomic mass is 19.1. The van der Waals surface area contributed by atoms with Crippen LogP contribution in [0.25, 0.3) is 0 Å². The van der Waals surface area contributed by atoms with Crippen LogP contribution in [0.2, 0.25) is 0 Å². The van der Waals surface area contributed by atoms with Crippen LogP contribution < -0.4 is 5.32 Å². The van der Waals surface area contributed by atoms with Crippen molar-refractivity contribution < 1.29 is 18.7 Å². The summed E-state index contributed by atoms with van der Waals surface area (Å²) in [7, 11) is 0. The molecule has 1 saturated heterocycles. The maximum absolute atomic E-state index is 13.1. The molecule has 5 rings (SSSR count). The topological polar surface area (TPSA) is 76.5 Å². The predicted molar refractivity (Wildman–Crippen MR) is 120 cm³/mol. The van der Waals surface area contributed by atoms with Crippen LogP contribution in [-0.2, 0) is 22.7 Å². The summed E-state index contributed by atoms with van der Waals surface area (Å²) in [5, 5.41) is 2.83. The third-order valence-corrected chi connectivity index (χ3v) is 6.37. The van der Waals surface area contributed by atoms with Crippen molar-refractivity contribution in [2.45, 2.75) is 32.1 Å². The van der Waals surface area contributed by atoms with Gasteiger partial charge in [0.05, 0.1) is 25.2 Å². The molecule has 0 bridgehead atoms. The van der Waals surface area contributed by atoms with Crippen LogP contribution in [-0.4, -0.2) is 39.4 Å². The molecule has 0 saturated carbocycles. The highest BCUT2D eigenvalue weighted by Gasteiger charge is 2.32. The Morgan fingerprint density at radius 2 is 1.76 bits per heavy atom. The minimum Gasteiger partial charge on any atom is -0.365 e. The van der Waals surface area contributed by atoms with E-state index in [2.05, 4.69) is 10.3 Å². The Balaban J connectivity index is 1.18. The molecule has 0 unspecified atom stereocenters. The number of fused-ring (bicyclic) bond motifs is 1. The lowest BCUT2D eigenvalue weighted by molar-refractivity contribution is -0.121. The fraction of sp³-hybridized carbons (Fsp3) is 0.320. The van der Waals surface area contributed by atoms with Gasteiger partial charge >= 0.3 is 0 Å². The number of hydrogen-bond donors (Lipinski definition) is 1. The number of likely N-dealkylation sites (tertiary alicyclic amines) is 1. The lowest BCUT2D eigenvalue weighted by atomic mass is 9.95. The van der Waals surface area contributed by atoms with Crippen LogP contribution in [0.15, 0.2) is 60.9 Å². The van der Waals surface area contributed by atoms with E-state index in [1.54, 1.807) is 11.2 Å². The number of nitrogens with zero attached hydrogens (tertiary/aromatic N) is 3. The largest absolute Gasteiger partial charge is 0.365 e. The molecule has 0 aliphatic carbocycles. The zero-order valence-corrected chi connectivity index (χ0v) is 18.1. The smallest absolute Gasteiger partial charge is 0.274 e. The molecular formula is C25H25FN4O3. The highest BCUT2D eigenvalue weighted by molar-refractivity contribution is 5.95. The van der Waals surface area contributed by atoms with E-state index in [-0.39, 0.29) is 29.7 Å². The fourth-order valence-electron chi connectivity index (χ4n) is 4.45. The number of ether oxygens (including phenoxy) is 1. The first-order chi connectivity index (χ1) is 16.1. The van der Waals surface area contributed by atoms with E-state index in [1.807, 2.05) is 34.9 Å². The zero-order chi connectivity index (χ0) is 22.8. The molecule has 170 valence electrons. The van der Waals surface area contributed by atoms with Crippen LogP contribution in [0.3, 0.4) is 0 Å². The molecule has 1 atom stereocenters. The second-order valence-electron chi connectivity index (χ2n) is 8.47. The number of piperidine rings is 1. The monoisotopic (exact) mass is 448 g/mol. The number of imidazole rings is 1. The van der Waals surface area contributed by atoms with E-state index in [0.29, 0.717) is 50.5 Å². The van der Waals surface area contributed by atoms with Gasteiger partial charge < -0.3 is 19.5 Å². The van der Waals surface area contributed by atoms with Gasteiger partial charge in [0.1, 0.15) is 11.9 Å². The molecule has 3 aromatic rings. The molecule has 2 aromatic carbocycles. The molecule has 33 heavy (non-hydrogen) atoms. The predicted octanol–water partition coefficient (Wildman–Crippen LogP) is 3.78. The third-order valence-electron chi connectivity index (χ3n) is 6.37. The van der Waals surface area contributed by atoms with Gasteiger partial charge in [-0.1, -0.05) is 30.3 Å². The normalized spacial score (nSPS) is 18.6. The van der Waals surface area contributed by atoms with E-state index in [0.717, 1.165) is 11.3 Å². The Hall–Kier alpha value is -3.52. The van der Waals surface area contributed by atoms with E-state index < -0.39 is 0 Å². The number of aromatic nitrogens is 2. The van der Waals surface area contributed by atoms with E-state index >= 15 is 0 Å². The Morgan fingerprint density at radius 1 is 1.03 bits per heavy atom. The summed E-state index contributed by atoms with van der Waals surface area (Å²) in [6.07, 6.45) is 2.79. The van der Waals surface area contributed by atoms with Crippen molar-refractivity contribution in [3.63, 3.8) is 0 Å². The van der Waals surface area contributed by atoms with Gasteiger partial charge in [0, 0.05) is 24.7 Å². The third kappa shape index (κ3) is 4.52. The van der Waals surface area contributed by atoms with E-state index in [9.17, 15) is 14.0 Å². The van der Waals surface area contributed by atoms with E-state index in [1.165, 1.54) is 24.3 Å². The summed E-state index contributed by atoms with van der Waals surface area (Å²) in [6, 6.07) is 15.7. The molecule has 2 aliphatic heterocycles.